The van der Waals surface area contributed by atoms with Gasteiger partial charge in [-0.15, -0.1) is 10.2 Å². The zero-order valence-electron chi connectivity index (χ0n) is 22.2. The van der Waals surface area contributed by atoms with Crippen LogP contribution < -0.4 is 10.1 Å². The first-order valence-electron chi connectivity index (χ1n) is 13.2. The van der Waals surface area contributed by atoms with Crippen molar-refractivity contribution >= 4 is 17.4 Å². The van der Waals surface area contributed by atoms with Gasteiger partial charge in [-0.05, 0) is 64.0 Å². The van der Waals surface area contributed by atoms with E-state index >= 15 is 0 Å². The van der Waals surface area contributed by atoms with Gasteiger partial charge in [0.2, 0.25) is 11.0 Å². The third kappa shape index (κ3) is 6.24. The lowest BCUT2D eigenvalue weighted by Crippen LogP contribution is -2.39. The van der Waals surface area contributed by atoms with E-state index in [1.54, 1.807) is 17.3 Å². The molecular weight excluding hydrogens is 476 g/mol. The molecule has 2 aliphatic rings. The van der Waals surface area contributed by atoms with Gasteiger partial charge in [0.25, 0.3) is 0 Å². The fraction of sp³-hybridized carbons (Fsp3) is 0.387. The predicted octanol–water partition coefficient (Wildman–Crippen LogP) is 7.99. The summed E-state index contributed by atoms with van der Waals surface area (Å²) in [5.74, 6) is 2.20. The van der Waals surface area contributed by atoms with Crippen molar-refractivity contribution in [2.45, 2.75) is 70.5 Å². The monoisotopic (exact) mass is 512 g/mol. The van der Waals surface area contributed by atoms with Crippen LogP contribution in [0.3, 0.4) is 0 Å². The van der Waals surface area contributed by atoms with Gasteiger partial charge in [-0.3, -0.25) is 0 Å². The topological polar surface area (TPSA) is 59.9 Å². The maximum atomic E-state index is 6.63. The highest BCUT2D eigenvalue weighted by Crippen LogP contribution is 2.41. The summed E-state index contributed by atoms with van der Waals surface area (Å²) in [7, 11) is 0. The minimum absolute atomic E-state index is 0.181. The van der Waals surface area contributed by atoms with Crippen molar-refractivity contribution < 1.29 is 4.74 Å². The molecule has 5 rings (SSSR count). The van der Waals surface area contributed by atoms with Crippen LogP contribution in [0.15, 0.2) is 77.0 Å². The van der Waals surface area contributed by atoms with E-state index in [2.05, 4.69) is 91.8 Å². The molecule has 1 N–H and O–H groups in total. The number of nitrogens with zero attached hydrogens (tertiary/aromatic N) is 3. The molecule has 6 heteroatoms. The predicted molar refractivity (Wildman–Crippen MR) is 153 cm³/mol. The number of para-hydroxylation sites is 1. The molecule has 1 aromatic heterocycles. The van der Waals surface area contributed by atoms with Gasteiger partial charge in [-0.2, -0.15) is 4.98 Å². The number of aryl methyl sites for hydroxylation is 1. The quantitative estimate of drug-likeness (QED) is 0.256. The van der Waals surface area contributed by atoms with Crippen LogP contribution in [0.4, 0.5) is 5.69 Å². The Morgan fingerprint density at radius 1 is 1.11 bits per heavy atom. The van der Waals surface area contributed by atoms with Gasteiger partial charge in [0.1, 0.15) is 0 Å². The van der Waals surface area contributed by atoms with Crippen molar-refractivity contribution in [2.24, 2.45) is 11.8 Å². The summed E-state index contributed by atoms with van der Waals surface area (Å²) in [6.07, 6.45) is 8.96. The number of aromatic nitrogens is 3. The Labute approximate surface area is 224 Å². The van der Waals surface area contributed by atoms with E-state index in [0.717, 1.165) is 42.7 Å². The largest absolute Gasteiger partial charge is 0.452 e. The van der Waals surface area contributed by atoms with Gasteiger partial charge in [0.05, 0.1) is 0 Å². The molecule has 3 atom stereocenters. The Morgan fingerprint density at radius 3 is 2.70 bits per heavy atom. The number of benzene rings is 2. The molecule has 0 saturated carbocycles. The minimum Gasteiger partial charge on any atom is -0.452 e. The molecule has 0 amide bonds. The second kappa shape index (κ2) is 11.5. The van der Waals surface area contributed by atoms with Gasteiger partial charge in [-0.1, -0.05) is 90.0 Å². The Morgan fingerprint density at radius 2 is 1.92 bits per heavy atom. The second-order valence-corrected chi connectivity index (χ2v) is 11.5. The average Bonchev–Trinajstić information content (AvgIpc) is 3.04. The molecule has 37 heavy (non-hydrogen) atoms. The standard InChI is InChI=1S/C31H36N4OS/c1-20(2)8-7-9-23-16-17-25(22(4)18-23)29-32-27-11-6-5-10-26(27)28-30(36-29)33-31(35-34-28)37-19-24-14-12-21(3)13-15-24/h5-6,8,10-16,22,25,29,32H,7,9,17-19H2,1-4H3/t22-,25-,29-/m0/s1. The molecule has 1 aliphatic carbocycles. The number of ether oxygens (including phenoxy) is 1. The molecule has 2 aromatic carbocycles. The fourth-order valence-corrected chi connectivity index (χ4v) is 5.85. The van der Waals surface area contributed by atoms with E-state index < -0.39 is 0 Å². The number of hydrogen-bond acceptors (Lipinski definition) is 6. The molecular formula is C31H36N4OS. The van der Waals surface area contributed by atoms with Crippen molar-refractivity contribution in [3.63, 3.8) is 0 Å². The van der Waals surface area contributed by atoms with Crippen molar-refractivity contribution in [2.75, 3.05) is 5.32 Å². The van der Waals surface area contributed by atoms with E-state index in [1.165, 1.54) is 16.7 Å². The number of hydrogen-bond donors (Lipinski definition) is 1. The second-order valence-electron chi connectivity index (χ2n) is 10.5. The third-order valence-corrected chi connectivity index (χ3v) is 8.15. The molecule has 1 aliphatic heterocycles. The van der Waals surface area contributed by atoms with Gasteiger partial charge in [0.15, 0.2) is 11.9 Å². The number of fused-ring (bicyclic) bond motifs is 3. The highest BCUT2D eigenvalue weighted by molar-refractivity contribution is 7.98. The fourth-order valence-electron chi connectivity index (χ4n) is 5.11. The van der Waals surface area contributed by atoms with Gasteiger partial charge >= 0.3 is 0 Å². The van der Waals surface area contributed by atoms with E-state index in [4.69, 9.17) is 9.72 Å². The van der Waals surface area contributed by atoms with Crippen LogP contribution in [0.25, 0.3) is 11.3 Å². The zero-order valence-corrected chi connectivity index (χ0v) is 23.0. The summed E-state index contributed by atoms with van der Waals surface area (Å²) in [4.78, 5) is 4.85. The van der Waals surface area contributed by atoms with E-state index in [0.29, 0.717) is 28.6 Å². The summed E-state index contributed by atoms with van der Waals surface area (Å²) in [6, 6.07) is 16.8. The normalized spacial score (nSPS) is 20.4. The zero-order chi connectivity index (χ0) is 25.8. The molecule has 0 spiro atoms. The molecule has 5 nitrogen and oxygen atoms in total. The number of nitrogens with one attached hydrogen (secondary N) is 1. The summed E-state index contributed by atoms with van der Waals surface area (Å²) in [5.41, 5.74) is 8.16. The molecule has 0 fully saturated rings. The number of allylic oxidation sites excluding steroid dienone is 4. The first-order valence-corrected chi connectivity index (χ1v) is 14.2. The molecule has 0 unspecified atom stereocenters. The SMILES string of the molecule is CC(C)=CCCC1=CC[C@H]([C@H]2Nc3ccccc3-c3nnc(SCc4ccc(C)cc4)nc3O2)[C@@H](C)C1. The minimum atomic E-state index is -0.181. The maximum Gasteiger partial charge on any atom is 0.247 e. The van der Waals surface area contributed by atoms with Crippen LogP contribution in [0.1, 0.15) is 57.6 Å². The lowest BCUT2D eigenvalue weighted by atomic mass is 9.78. The van der Waals surface area contributed by atoms with Gasteiger partial charge in [-0.25, -0.2) is 0 Å². The van der Waals surface area contributed by atoms with Gasteiger partial charge in [0, 0.05) is 22.9 Å². The summed E-state index contributed by atoms with van der Waals surface area (Å²) >= 11 is 1.59. The maximum absolute atomic E-state index is 6.63. The van der Waals surface area contributed by atoms with Crippen molar-refractivity contribution in [1.29, 1.82) is 0 Å². The highest BCUT2D eigenvalue weighted by atomic mass is 32.2. The Kier molecular flexibility index (Phi) is 7.94. The molecule has 0 radical (unpaired) electrons. The van der Waals surface area contributed by atoms with Crippen LogP contribution in [0.2, 0.25) is 0 Å². The van der Waals surface area contributed by atoms with Crippen LogP contribution in [-0.4, -0.2) is 21.4 Å². The van der Waals surface area contributed by atoms with Crippen LogP contribution in [0.5, 0.6) is 5.88 Å². The number of thioether (sulfide) groups is 1. The summed E-state index contributed by atoms with van der Waals surface area (Å²) in [5, 5.41) is 13.4. The average molecular weight is 513 g/mol. The Hall–Kier alpha value is -3.12. The number of rotatable bonds is 7. The lowest BCUT2D eigenvalue weighted by Gasteiger charge is -2.35. The van der Waals surface area contributed by atoms with Crippen LogP contribution in [-0.2, 0) is 5.75 Å². The van der Waals surface area contributed by atoms with Crippen molar-refractivity contribution in [3.8, 4) is 17.1 Å². The van der Waals surface area contributed by atoms with Crippen LogP contribution >= 0.6 is 11.8 Å². The third-order valence-electron chi connectivity index (χ3n) is 7.24. The molecule has 2 heterocycles. The highest BCUT2D eigenvalue weighted by Gasteiger charge is 2.34. The smallest absolute Gasteiger partial charge is 0.247 e. The first kappa shape index (κ1) is 25.5. The number of anilines is 1. The summed E-state index contributed by atoms with van der Waals surface area (Å²) in [6.45, 7) is 8.79. The molecule has 0 bridgehead atoms. The van der Waals surface area contributed by atoms with Crippen molar-refractivity contribution in [1.82, 2.24) is 15.2 Å². The lowest BCUT2D eigenvalue weighted by molar-refractivity contribution is 0.114. The molecule has 3 aromatic rings. The Balaban J connectivity index is 1.37. The van der Waals surface area contributed by atoms with E-state index in [-0.39, 0.29) is 6.23 Å². The molecule has 0 saturated heterocycles. The molecule has 192 valence electrons. The van der Waals surface area contributed by atoms with Crippen molar-refractivity contribution in [3.05, 3.63) is 83.0 Å². The van der Waals surface area contributed by atoms with E-state index in [9.17, 15) is 0 Å². The Bertz CT molecular complexity index is 1300. The van der Waals surface area contributed by atoms with E-state index in [1.807, 2.05) is 12.1 Å². The summed E-state index contributed by atoms with van der Waals surface area (Å²) < 4.78 is 6.63. The van der Waals surface area contributed by atoms with Gasteiger partial charge < -0.3 is 10.1 Å². The van der Waals surface area contributed by atoms with Crippen LogP contribution in [0, 0.1) is 18.8 Å². The first-order chi connectivity index (χ1) is 18.0.